The Hall–Kier alpha value is 1.03. The van der Waals surface area contributed by atoms with Gasteiger partial charge in [-0.05, 0) is 0 Å². The molecule has 0 heterocycles. The Morgan fingerprint density at radius 2 is 1.20 bits per heavy atom. The molecule has 0 spiro atoms. The third-order valence-corrected chi connectivity index (χ3v) is 0.167. The molecule has 0 fully saturated rings. The van der Waals surface area contributed by atoms with Crippen LogP contribution in [0.1, 0.15) is 0 Å². The molecule has 10 heavy (non-hydrogen) atoms. The molecule has 0 amide bonds. The summed E-state index contributed by atoms with van der Waals surface area (Å²) in [5.74, 6) is 0. The molecule has 0 aliphatic rings. The van der Waals surface area contributed by atoms with Crippen molar-refractivity contribution in [2.45, 2.75) is 0 Å². The van der Waals surface area contributed by atoms with Crippen LogP contribution in [0.2, 0.25) is 0 Å². The van der Waals surface area contributed by atoms with E-state index in [2.05, 4.69) is 0 Å². The van der Waals surface area contributed by atoms with Crippen molar-refractivity contribution >= 4 is 37.4 Å². The second-order valence-electron chi connectivity index (χ2n) is 1.09. The van der Waals surface area contributed by atoms with Crippen LogP contribution in [-0.4, -0.2) is 57.3 Å². The molecule has 0 saturated carbocycles. The monoisotopic (exact) mass is 182 g/mol. The SMILES string of the molecule is NCCN.O=P(O)(O)O.[NaH]. The third kappa shape index (κ3) is 141. The minimum absolute atomic E-state index is 0. The molecule has 8 heteroatoms. The van der Waals surface area contributed by atoms with E-state index in [1.54, 1.807) is 0 Å². The summed E-state index contributed by atoms with van der Waals surface area (Å²) in [7, 11) is -4.64. The first-order chi connectivity index (χ1) is 3.91. The van der Waals surface area contributed by atoms with Crippen LogP contribution in [0, 0.1) is 0 Å². The van der Waals surface area contributed by atoms with Gasteiger partial charge in [-0.1, -0.05) is 0 Å². The van der Waals surface area contributed by atoms with E-state index in [4.69, 9.17) is 30.7 Å². The van der Waals surface area contributed by atoms with Gasteiger partial charge in [0.15, 0.2) is 0 Å². The first-order valence-corrected chi connectivity index (χ1v) is 3.66. The van der Waals surface area contributed by atoms with Crippen LogP contribution in [0.3, 0.4) is 0 Å². The molecule has 0 aromatic heterocycles. The maximum atomic E-state index is 8.88. The van der Waals surface area contributed by atoms with Crippen LogP contribution >= 0.6 is 7.82 Å². The van der Waals surface area contributed by atoms with Crippen molar-refractivity contribution < 1.29 is 19.2 Å². The Balaban J connectivity index is -0.0000000910. The number of hydrogen-bond acceptors (Lipinski definition) is 3. The van der Waals surface area contributed by atoms with Crippen molar-refractivity contribution in [3.8, 4) is 0 Å². The summed E-state index contributed by atoms with van der Waals surface area (Å²) >= 11 is 0. The van der Waals surface area contributed by atoms with E-state index >= 15 is 0 Å². The Morgan fingerprint density at radius 3 is 1.20 bits per heavy atom. The van der Waals surface area contributed by atoms with Gasteiger partial charge < -0.3 is 26.1 Å². The summed E-state index contributed by atoms with van der Waals surface area (Å²) in [6.07, 6.45) is 0. The zero-order valence-electron chi connectivity index (χ0n) is 4.77. The Kier molecular flexibility index (Phi) is 17.3. The Morgan fingerprint density at radius 1 is 1.10 bits per heavy atom. The van der Waals surface area contributed by atoms with Crippen molar-refractivity contribution in [2.24, 2.45) is 11.5 Å². The number of hydrogen-bond donors (Lipinski definition) is 5. The normalized spacial score (nSPS) is 8.90. The van der Waals surface area contributed by atoms with Crippen molar-refractivity contribution in [1.29, 1.82) is 0 Å². The molecule has 0 aliphatic heterocycles. The fraction of sp³-hybridized carbons (Fsp3) is 1.00. The molecule has 0 atom stereocenters. The number of nitrogens with two attached hydrogens (primary N) is 2. The zero-order valence-corrected chi connectivity index (χ0v) is 5.66. The van der Waals surface area contributed by atoms with Crippen molar-refractivity contribution in [3.63, 3.8) is 0 Å². The molecule has 0 bridgehead atoms. The fourth-order valence-electron chi connectivity index (χ4n) is 0. The summed E-state index contributed by atoms with van der Waals surface area (Å²) in [6, 6.07) is 0. The van der Waals surface area contributed by atoms with Crippen LogP contribution < -0.4 is 11.5 Å². The summed E-state index contributed by atoms with van der Waals surface area (Å²) in [5, 5.41) is 0. The van der Waals surface area contributed by atoms with Crippen LogP contribution in [0.25, 0.3) is 0 Å². The van der Waals surface area contributed by atoms with Crippen LogP contribution in [0.15, 0.2) is 0 Å². The maximum absolute atomic E-state index is 8.88. The molecule has 0 radical (unpaired) electrons. The standard InChI is InChI=1S/C2H8N2.Na.H3O4P.H/c3-1-2-4;;1-5(2,3)4;/h1-4H2;;(H3,1,2,3,4);. The number of rotatable bonds is 1. The van der Waals surface area contributed by atoms with Crippen molar-refractivity contribution in [3.05, 3.63) is 0 Å². The van der Waals surface area contributed by atoms with Gasteiger partial charge >= 0.3 is 37.4 Å². The van der Waals surface area contributed by atoms with Gasteiger partial charge in [0.25, 0.3) is 0 Å². The molecular formula is C2H12N2NaO4P. The van der Waals surface area contributed by atoms with Gasteiger partial charge in [-0.15, -0.1) is 0 Å². The topological polar surface area (TPSA) is 130 Å². The van der Waals surface area contributed by atoms with E-state index in [9.17, 15) is 0 Å². The summed E-state index contributed by atoms with van der Waals surface area (Å²) < 4.78 is 8.88. The molecule has 60 valence electrons. The van der Waals surface area contributed by atoms with Gasteiger partial charge in [0.1, 0.15) is 0 Å². The quantitative estimate of drug-likeness (QED) is 0.222. The second kappa shape index (κ2) is 10.0. The molecular weight excluding hydrogens is 170 g/mol. The fourth-order valence-corrected chi connectivity index (χ4v) is 0. The summed E-state index contributed by atoms with van der Waals surface area (Å²) in [4.78, 5) is 21.6. The predicted octanol–water partition coefficient (Wildman–Crippen LogP) is -2.67. The Bertz CT molecular complexity index is 85.0. The van der Waals surface area contributed by atoms with Crippen LogP contribution in [0.5, 0.6) is 0 Å². The second-order valence-corrected chi connectivity index (χ2v) is 2.12. The summed E-state index contributed by atoms with van der Waals surface area (Å²) in [6.45, 7) is 1.19. The van der Waals surface area contributed by atoms with Gasteiger partial charge in [-0.2, -0.15) is 0 Å². The van der Waals surface area contributed by atoms with Gasteiger partial charge in [-0.3, -0.25) is 0 Å². The van der Waals surface area contributed by atoms with E-state index < -0.39 is 7.82 Å². The molecule has 0 aromatic carbocycles. The third-order valence-electron chi connectivity index (χ3n) is 0.167. The van der Waals surface area contributed by atoms with Gasteiger partial charge in [-0.25, -0.2) is 4.57 Å². The molecule has 0 rings (SSSR count). The molecule has 0 saturated heterocycles. The predicted molar refractivity (Wildman–Crippen MR) is 39.5 cm³/mol. The van der Waals surface area contributed by atoms with Crippen molar-refractivity contribution in [1.82, 2.24) is 0 Å². The van der Waals surface area contributed by atoms with Gasteiger partial charge in [0.2, 0.25) is 0 Å². The average Bonchev–Trinajstić information content (AvgIpc) is 1.61. The van der Waals surface area contributed by atoms with E-state index in [1.165, 1.54) is 0 Å². The Labute approximate surface area is 81.1 Å². The minimum atomic E-state index is -4.64. The van der Waals surface area contributed by atoms with E-state index in [0.717, 1.165) is 0 Å². The van der Waals surface area contributed by atoms with Crippen LogP contribution in [0.4, 0.5) is 0 Å². The molecule has 6 nitrogen and oxygen atoms in total. The molecule has 0 aromatic rings. The number of phosphoric acid groups is 1. The van der Waals surface area contributed by atoms with Gasteiger partial charge in [0.05, 0.1) is 0 Å². The first-order valence-electron chi connectivity index (χ1n) is 2.10. The van der Waals surface area contributed by atoms with Gasteiger partial charge in [0, 0.05) is 13.1 Å². The molecule has 0 unspecified atom stereocenters. The molecule has 0 aliphatic carbocycles. The van der Waals surface area contributed by atoms with Crippen molar-refractivity contribution in [2.75, 3.05) is 13.1 Å². The average molecular weight is 182 g/mol. The van der Waals surface area contributed by atoms with E-state index in [-0.39, 0.29) is 29.6 Å². The molecule has 7 N–H and O–H groups in total. The van der Waals surface area contributed by atoms with E-state index in [0.29, 0.717) is 13.1 Å². The van der Waals surface area contributed by atoms with E-state index in [1.807, 2.05) is 0 Å². The van der Waals surface area contributed by atoms with Crippen LogP contribution in [-0.2, 0) is 4.57 Å². The zero-order chi connectivity index (χ0) is 7.91. The first kappa shape index (κ1) is 17.2. The summed E-state index contributed by atoms with van der Waals surface area (Å²) in [5.41, 5.74) is 9.81.